The Balaban J connectivity index is 1.84. The van der Waals surface area contributed by atoms with E-state index in [-0.39, 0.29) is 11.6 Å². The van der Waals surface area contributed by atoms with Gasteiger partial charge in [-0.2, -0.15) is 0 Å². The quantitative estimate of drug-likeness (QED) is 0.237. The fourth-order valence-corrected chi connectivity index (χ4v) is 4.49. The molecule has 0 saturated carbocycles. The average molecular weight is 467 g/mol. The van der Waals surface area contributed by atoms with E-state index in [9.17, 15) is 9.59 Å². The van der Waals surface area contributed by atoms with E-state index in [1.165, 1.54) is 0 Å². The van der Waals surface area contributed by atoms with Gasteiger partial charge in [-0.15, -0.1) is 0 Å². The minimum absolute atomic E-state index is 0.165. The zero-order valence-electron chi connectivity index (χ0n) is 20.4. The molecule has 0 aromatic heterocycles. The molecule has 0 aliphatic rings. The van der Waals surface area contributed by atoms with E-state index in [0.29, 0.717) is 22.3 Å². The van der Waals surface area contributed by atoms with Gasteiger partial charge in [0.25, 0.3) is 0 Å². The lowest BCUT2D eigenvalue weighted by molar-refractivity contribution is 0.100. The fraction of sp³-hybridized carbons (Fsp3) is 0.0588. The molecule has 0 N–H and O–H groups in total. The van der Waals surface area contributed by atoms with Crippen LogP contribution in [0.5, 0.6) is 0 Å². The summed E-state index contributed by atoms with van der Waals surface area (Å²) in [6, 6.07) is 38.6. The molecule has 0 atom stereocenters. The maximum Gasteiger partial charge on any atom is 0.194 e. The van der Waals surface area contributed by atoms with E-state index < -0.39 is 0 Å². The molecule has 0 aliphatic heterocycles. The van der Waals surface area contributed by atoms with Gasteiger partial charge < -0.3 is 0 Å². The molecule has 2 heteroatoms. The van der Waals surface area contributed by atoms with Crippen molar-refractivity contribution in [2.45, 2.75) is 13.8 Å². The van der Waals surface area contributed by atoms with Crippen LogP contribution in [0.25, 0.3) is 22.3 Å². The molecule has 0 fully saturated rings. The number of carbonyl (C=O) groups is 2. The normalized spacial score (nSPS) is 10.7. The predicted octanol–water partition coefficient (Wildman–Crippen LogP) is 8.10. The van der Waals surface area contributed by atoms with Crippen LogP contribution >= 0.6 is 0 Å². The Hall–Kier alpha value is -4.56. The van der Waals surface area contributed by atoms with Crippen LogP contribution in [0.4, 0.5) is 0 Å². The number of rotatable bonds is 6. The lowest BCUT2D eigenvalue weighted by Gasteiger charge is -2.19. The minimum Gasteiger partial charge on any atom is -0.289 e. The molecule has 2 nitrogen and oxygen atoms in total. The van der Waals surface area contributed by atoms with Crippen molar-refractivity contribution in [2.24, 2.45) is 0 Å². The van der Waals surface area contributed by atoms with Gasteiger partial charge in [-0.25, -0.2) is 0 Å². The maximum atomic E-state index is 14.2. The molecular weight excluding hydrogens is 440 g/mol. The SMILES string of the molecule is Cc1ccc(C(=O)c2c(-c3ccccc3)ccc(-c3ccccc3)c2C(=O)c2ccc(C)cc2)cc1. The highest BCUT2D eigenvalue weighted by Crippen LogP contribution is 2.36. The maximum absolute atomic E-state index is 14.2. The molecule has 0 heterocycles. The molecule has 174 valence electrons. The summed E-state index contributed by atoms with van der Waals surface area (Å²) in [4.78, 5) is 28.4. The minimum atomic E-state index is -0.165. The second kappa shape index (κ2) is 9.97. The predicted molar refractivity (Wildman–Crippen MR) is 147 cm³/mol. The molecule has 0 radical (unpaired) electrons. The van der Waals surface area contributed by atoms with Gasteiger partial charge in [0.15, 0.2) is 11.6 Å². The third-order valence-corrected chi connectivity index (χ3v) is 6.46. The van der Waals surface area contributed by atoms with Gasteiger partial charge in [0, 0.05) is 22.3 Å². The lowest BCUT2D eigenvalue weighted by atomic mass is 9.82. The molecular formula is C34H26O2. The summed E-state index contributed by atoms with van der Waals surface area (Å²) in [7, 11) is 0. The number of benzene rings is 5. The van der Waals surface area contributed by atoms with Crippen LogP contribution in [0, 0.1) is 13.8 Å². The summed E-state index contributed by atoms with van der Waals surface area (Å²) in [6.07, 6.45) is 0. The second-order valence-electron chi connectivity index (χ2n) is 9.03. The highest BCUT2D eigenvalue weighted by Gasteiger charge is 2.27. The van der Waals surface area contributed by atoms with Gasteiger partial charge in [0.05, 0.1) is 0 Å². The van der Waals surface area contributed by atoms with Crippen molar-refractivity contribution in [1.29, 1.82) is 0 Å². The lowest BCUT2D eigenvalue weighted by Crippen LogP contribution is -2.15. The molecule has 0 amide bonds. The third kappa shape index (κ3) is 4.54. The Morgan fingerprint density at radius 1 is 0.417 bits per heavy atom. The zero-order valence-corrected chi connectivity index (χ0v) is 20.4. The number of aryl methyl sites for hydroxylation is 2. The van der Waals surface area contributed by atoms with Crippen molar-refractivity contribution < 1.29 is 9.59 Å². The summed E-state index contributed by atoms with van der Waals surface area (Å²) in [5.41, 5.74) is 7.40. The summed E-state index contributed by atoms with van der Waals surface area (Å²) < 4.78 is 0. The Labute approximate surface area is 211 Å². The van der Waals surface area contributed by atoms with Gasteiger partial charge in [-0.05, 0) is 36.1 Å². The van der Waals surface area contributed by atoms with Crippen molar-refractivity contribution in [3.05, 3.63) is 155 Å². The first-order chi connectivity index (χ1) is 17.5. The first kappa shape index (κ1) is 23.2. The molecule has 36 heavy (non-hydrogen) atoms. The zero-order chi connectivity index (χ0) is 25.1. The Bertz CT molecular complexity index is 1410. The molecule has 0 aliphatic carbocycles. The van der Waals surface area contributed by atoms with Crippen LogP contribution in [-0.2, 0) is 0 Å². The van der Waals surface area contributed by atoms with Gasteiger partial charge in [-0.1, -0.05) is 132 Å². The Morgan fingerprint density at radius 3 is 1.08 bits per heavy atom. The monoisotopic (exact) mass is 466 g/mol. The van der Waals surface area contributed by atoms with E-state index >= 15 is 0 Å². The summed E-state index contributed by atoms with van der Waals surface area (Å²) in [6.45, 7) is 3.98. The topological polar surface area (TPSA) is 34.1 Å². The van der Waals surface area contributed by atoms with Crippen molar-refractivity contribution in [2.75, 3.05) is 0 Å². The highest BCUT2D eigenvalue weighted by atomic mass is 16.1. The summed E-state index contributed by atoms with van der Waals surface area (Å²) in [5.74, 6) is -0.329. The number of hydrogen-bond donors (Lipinski definition) is 0. The van der Waals surface area contributed by atoms with E-state index in [1.807, 2.05) is 135 Å². The molecule has 5 rings (SSSR count). The third-order valence-electron chi connectivity index (χ3n) is 6.46. The number of carbonyl (C=O) groups excluding carboxylic acids is 2. The van der Waals surface area contributed by atoms with Crippen molar-refractivity contribution in [1.82, 2.24) is 0 Å². The first-order valence-corrected chi connectivity index (χ1v) is 12.0. The largest absolute Gasteiger partial charge is 0.289 e. The van der Waals surface area contributed by atoms with Crippen LogP contribution < -0.4 is 0 Å². The molecule has 5 aromatic rings. The van der Waals surface area contributed by atoms with E-state index in [2.05, 4.69) is 0 Å². The van der Waals surface area contributed by atoms with Crippen LogP contribution in [0.3, 0.4) is 0 Å². The Morgan fingerprint density at radius 2 is 0.750 bits per heavy atom. The van der Waals surface area contributed by atoms with Gasteiger partial charge >= 0.3 is 0 Å². The average Bonchev–Trinajstić information content (AvgIpc) is 2.93. The summed E-state index contributed by atoms with van der Waals surface area (Å²) in [5, 5.41) is 0. The molecule has 0 bridgehead atoms. The second-order valence-corrected chi connectivity index (χ2v) is 9.03. The van der Waals surface area contributed by atoms with Crippen LogP contribution in [-0.4, -0.2) is 11.6 Å². The van der Waals surface area contributed by atoms with Crippen molar-refractivity contribution >= 4 is 11.6 Å². The van der Waals surface area contributed by atoms with Crippen LogP contribution in [0.2, 0.25) is 0 Å². The molecule has 0 saturated heterocycles. The number of ketones is 2. The first-order valence-electron chi connectivity index (χ1n) is 12.0. The van der Waals surface area contributed by atoms with Gasteiger partial charge in [0.1, 0.15) is 0 Å². The van der Waals surface area contributed by atoms with Crippen molar-refractivity contribution in [3.8, 4) is 22.3 Å². The molecule has 0 unspecified atom stereocenters. The van der Waals surface area contributed by atoms with Crippen LogP contribution in [0.1, 0.15) is 43.0 Å². The van der Waals surface area contributed by atoms with Crippen LogP contribution in [0.15, 0.2) is 121 Å². The van der Waals surface area contributed by atoms with Gasteiger partial charge in [-0.3, -0.25) is 9.59 Å². The van der Waals surface area contributed by atoms with Crippen molar-refractivity contribution in [3.63, 3.8) is 0 Å². The standard InChI is InChI=1S/C34H26O2/c1-23-13-17-27(18-14-23)33(35)31-29(25-9-5-3-6-10-25)21-22-30(26-11-7-4-8-12-26)32(31)34(36)28-19-15-24(2)16-20-28/h3-22H,1-2H3. The number of hydrogen-bond acceptors (Lipinski definition) is 2. The molecule has 0 spiro atoms. The van der Waals surface area contributed by atoms with Gasteiger partial charge in [0.2, 0.25) is 0 Å². The van der Waals surface area contributed by atoms with E-state index in [1.54, 1.807) is 0 Å². The van der Waals surface area contributed by atoms with E-state index in [0.717, 1.165) is 33.4 Å². The summed E-state index contributed by atoms with van der Waals surface area (Å²) >= 11 is 0. The highest BCUT2D eigenvalue weighted by molar-refractivity contribution is 6.24. The fourth-order valence-electron chi connectivity index (χ4n) is 4.49. The molecule has 5 aromatic carbocycles. The van der Waals surface area contributed by atoms with E-state index in [4.69, 9.17) is 0 Å². The smallest absolute Gasteiger partial charge is 0.194 e. The Kier molecular flexibility index (Phi) is 6.42.